The predicted octanol–water partition coefficient (Wildman–Crippen LogP) is 2.85. The quantitative estimate of drug-likeness (QED) is 0.385. The predicted molar refractivity (Wildman–Crippen MR) is 95.4 cm³/mol. The van der Waals surface area contributed by atoms with Crippen LogP contribution in [0.15, 0.2) is 28.9 Å². The normalized spacial score (nSPS) is 12.3. The van der Waals surface area contributed by atoms with Crippen LogP contribution in [0.4, 0.5) is 4.39 Å². The molecule has 142 valence electrons. The van der Waals surface area contributed by atoms with Crippen LogP contribution in [0.25, 0.3) is 22.5 Å². The minimum absolute atomic E-state index is 0.0417. The smallest absolute Gasteiger partial charge is 0.223 e. The standard InChI is InChI=1S/C18H20FN5O3/c1-9-4-13(25)6-14(16(9)18-23-11(3)27-24-18)12-5-15(19)17(20-7-12)10(2)21-8-22-26/h4-7,10,21-22,25-26H,8H2,1-3H3. The lowest BCUT2D eigenvalue weighted by molar-refractivity contribution is 0.153. The molecule has 1 aromatic carbocycles. The zero-order valence-electron chi connectivity index (χ0n) is 15.1. The van der Waals surface area contributed by atoms with Gasteiger partial charge in [0, 0.05) is 24.2 Å². The summed E-state index contributed by atoms with van der Waals surface area (Å²) in [7, 11) is 0. The Hall–Kier alpha value is -2.88. The van der Waals surface area contributed by atoms with Gasteiger partial charge in [0.25, 0.3) is 0 Å². The summed E-state index contributed by atoms with van der Waals surface area (Å²) in [6.07, 6.45) is 1.52. The summed E-state index contributed by atoms with van der Waals surface area (Å²) in [4.78, 5) is 8.46. The van der Waals surface area contributed by atoms with Crippen molar-refractivity contribution < 1.29 is 19.2 Å². The fourth-order valence-corrected chi connectivity index (χ4v) is 2.90. The van der Waals surface area contributed by atoms with Gasteiger partial charge in [-0.3, -0.25) is 10.3 Å². The molecule has 0 aliphatic rings. The molecule has 4 N–H and O–H groups in total. The number of aryl methyl sites for hydroxylation is 2. The average Bonchev–Trinajstić information content (AvgIpc) is 3.04. The SMILES string of the molecule is Cc1nc(-c2c(C)cc(O)cc2-c2cnc(C(C)NCNO)c(F)c2)no1. The number of aromatic hydroxyl groups is 1. The third-order valence-electron chi connectivity index (χ3n) is 4.15. The molecule has 2 aromatic heterocycles. The van der Waals surface area contributed by atoms with Gasteiger partial charge in [-0.25, -0.2) is 4.39 Å². The van der Waals surface area contributed by atoms with Crippen molar-refractivity contribution in [3.63, 3.8) is 0 Å². The first-order valence-corrected chi connectivity index (χ1v) is 8.31. The van der Waals surface area contributed by atoms with E-state index in [2.05, 4.69) is 20.4 Å². The molecule has 2 heterocycles. The first-order chi connectivity index (χ1) is 12.9. The van der Waals surface area contributed by atoms with E-state index >= 15 is 0 Å². The van der Waals surface area contributed by atoms with Gasteiger partial charge in [-0.15, -0.1) is 0 Å². The number of hydrogen-bond donors (Lipinski definition) is 4. The summed E-state index contributed by atoms with van der Waals surface area (Å²) in [6, 6.07) is 4.03. The first-order valence-electron chi connectivity index (χ1n) is 8.31. The molecular formula is C18H20FN5O3. The molecule has 0 saturated heterocycles. The van der Waals surface area contributed by atoms with Gasteiger partial charge < -0.3 is 14.8 Å². The summed E-state index contributed by atoms with van der Waals surface area (Å²) in [5.74, 6) is 0.288. The highest BCUT2D eigenvalue weighted by atomic mass is 19.1. The minimum atomic E-state index is -0.512. The highest BCUT2D eigenvalue weighted by Gasteiger charge is 2.19. The van der Waals surface area contributed by atoms with Gasteiger partial charge in [-0.2, -0.15) is 10.5 Å². The number of nitrogens with one attached hydrogen (secondary N) is 2. The van der Waals surface area contributed by atoms with Gasteiger partial charge in [-0.1, -0.05) is 5.16 Å². The van der Waals surface area contributed by atoms with E-state index in [0.717, 1.165) is 5.56 Å². The number of rotatable bonds is 6. The van der Waals surface area contributed by atoms with E-state index in [0.29, 0.717) is 28.4 Å². The van der Waals surface area contributed by atoms with Gasteiger partial charge in [0.15, 0.2) is 0 Å². The Morgan fingerprint density at radius 1 is 1.26 bits per heavy atom. The van der Waals surface area contributed by atoms with Crippen LogP contribution in [0.5, 0.6) is 5.75 Å². The molecule has 0 radical (unpaired) electrons. The third kappa shape index (κ3) is 3.95. The van der Waals surface area contributed by atoms with E-state index in [-0.39, 0.29) is 18.1 Å². The van der Waals surface area contributed by atoms with Gasteiger partial charge in [0.05, 0.1) is 18.4 Å². The lowest BCUT2D eigenvalue weighted by atomic mass is 9.95. The number of aromatic nitrogens is 3. The summed E-state index contributed by atoms with van der Waals surface area (Å²) in [5.41, 5.74) is 4.54. The molecule has 0 spiro atoms. The van der Waals surface area contributed by atoms with Crippen molar-refractivity contribution in [1.82, 2.24) is 25.9 Å². The molecule has 9 heteroatoms. The summed E-state index contributed by atoms with van der Waals surface area (Å²) < 4.78 is 19.7. The second kappa shape index (κ2) is 7.78. The van der Waals surface area contributed by atoms with Crippen LogP contribution >= 0.6 is 0 Å². The number of nitrogens with zero attached hydrogens (tertiary/aromatic N) is 3. The second-order valence-corrected chi connectivity index (χ2v) is 6.17. The van der Waals surface area contributed by atoms with Crippen LogP contribution in [0, 0.1) is 19.7 Å². The van der Waals surface area contributed by atoms with E-state index in [1.54, 1.807) is 26.8 Å². The van der Waals surface area contributed by atoms with Crippen LogP contribution in [0.3, 0.4) is 0 Å². The Kier molecular flexibility index (Phi) is 5.45. The number of hydroxylamine groups is 1. The maximum Gasteiger partial charge on any atom is 0.223 e. The van der Waals surface area contributed by atoms with Gasteiger partial charge >= 0.3 is 0 Å². The second-order valence-electron chi connectivity index (χ2n) is 6.17. The average molecular weight is 373 g/mol. The zero-order valence-corrected chi connectivity index (χ0v) is 15.1. The molecule has 0 amide bonds. The van der Waals surface area contributed by atoms with E-state index < -0.39 is 11.9 Å². The van der Waals surface area contributed by atoms with Crippen molar-refractivity contribution in [3.05, 3.63) is 47.4 Å². The van der Waals surface area contributed by atoms with Crippen molar-refractivity contribution in [2.45, 2.75) is 26.8 Å². The largest absolute Gasteiger partial charge is 0.508 e. The molecule has 0 aliphatic carbocycles. The van der Waals surface area contributed by atoms with Crippen molar-refractivity contribution in [3.8, 4) is 28.3 Å². The van der Waals surface area contributed by atoms with Crippen LogP contribution in [-0.2, 0) is 0 Å². The van der Waals surface area contributed by atoms with Gasteiger partial charge in [-0.05, 0) is 43.2 Å². The Bertz CT molecular complexity index is 960. The first kappa shape index (κ1) is 18.9. The number of halogens is 1. The third-order valence-corrected chi connectivity index (χ3v) is 4.15. The van der Waals surface area contributed by atoms with E-state index in [1.165, 1.54) is 18.3 Å². The van der Waals surface area contributed by atoms with E-state index in [4.69, 9.17) is 9.73 Å². The number of pyridine rings is 1. The molecule has 3 rings (SSSR count). The number of benzene rings is 1. The Morgan fingerprint density at radius 3 is 2.67 bits per heavy atom. The van der Waals surface area contributed by atoms with E-state index in [1.807, 2.05) is 5.48 Å². The van der Waals surface area contributed by atoms with Crippen molar-refractivity contribution in [1.29, 1.82) is 0 Å². The molecule has 1 unspecified atom stereocenters. The zero-order chi connectivity index (χ0) is 19.6. The number of hydrogen-bond acceptors (Lipinski definition) is 8. The molecule has 3 aromatic rings. The summed E-state index contributed by atoms with van der Waals surface area (Å²) in [5, 5.41) is 25.5. The lowest BCUT2D eigenvalue weighted by Crippen LogP contribution is -2.29. The Balaban J connectivity index is 2.07. The highest BCUT2D eigenvalue weighted by Crippen LogP contribution is 2.36. The molecule has 1 atom stereocenters. The van der Waals surface area contributed by atoms with Gasteiger partial charge in [0.1, 0.15) is 11.6 Å². The molecule has 27 heavy (non-hydrogen) atoms. The van der Waals surface area contributed by atoms with Crippen molar-refractivity contribution >= 4 is 0 Å². The fourth-order valence-electron chi connectivity index (χ4n) is 2.90. The van der Waals surface area contributed by atoms with Crippen molar-refractivity contribution in [2.24, 2.45) is 0 Å². The van der Waals surface area contributed by atoms with Crippen molar-refractivity contribution in [2.75, 3.05) is 6.67 Å². The van der Waals surface area contributed by atoms with Crippen LogP contribution in [0.1, 0.15) is 30.1 Å². The molecule has 0 bridgehead atoms. The molecule has 0 fully saturated rings. The number of phenolic OH excluding ortho intramolecular Hbond substituents is 1. The fraction of sp³-hybridized carbons (Fsp3) is 0.278. The molecule has 0 aliphatic heterocycles. The maximum atomic E-state index is 14.7. The van der Waals surface area contributed by atoms with Crippen LogP contribution in [-0.4, -0.2) is 32.1 Å². The lowest BCUT2D eigenvalue weighted by Gasteiger charge is -2.15. The maximum absolute atomic E-state index is 14.7. The summed E-state index contributed by atoms with van der Waals surface area (Å²) in [6.45, 7) is 5.30. The monoisotopic (exact) mass is 373 g/mol. The molecular weight excluding hydrogens is 353 g/mol. The molecule has 0 saturated carbocycles. The Morgan fingerprint density at radius 2 is 2.04 bits per heavy atom. The minimum Gasteiger partial charge on any atom is -0.508 e. The van der Waals surface area contributed by atoms with Gasteiger partial charge in [0.2, 0.25) is 11.7 Å². The topological polar surface area (TPSA) is 116 Å². The van der Waals surface area contributed by atoms with Crippen LogP contribution < -0.4 is 10.8 Å². The molecule has 8 nitrogen and oxygen atoms in total. The Labute approximate surface area is 155 Å². The highest BCUT2D eigenvalue weighted by molar-refractivity contribution is 5.83. The van der Waals surface area contributed by atoms with E-state index in [9.17, 15) is 9.50 Å². The number of phenols is 1. The summed E-state index contributed by atoms with van der Waals surface area (Å²) >= 11 is 0. The van der Waals surface area contributed by atoms with Crippen LogP contribution in [0.2, 0.25) is 0 Å².